The number of rotatable bonds is 5. The lowest BCUT2D eigenvalue weighted by Crippen LogP contribution is -2.17. The third-order valence-corrected chi connectivity index (χ3v) is 4.13. The normalized spacial score (nSPS) is 12.4. The van der Waals surface area contributed by atoms with Gasteiger partial charge in [-0.25, -0.2) is 9.97 Å². The molecule has 2 aromatic rings. The highest BCUT2D eigenvalue weighted by atomic mass is 35.5. The summed E-state index contributed by atoms with van der Waals surface area (Å²) in [5.74, 6) is 0. The van der Waals surface area contributed by atoms with Crippen molar-refractivity contribution in [2.75, 3.05) is 6.54 Å². The molecule has 20 heavy (non-hydrogen) atoms. The Morgan fingerprint density at radius 2 is 2.15 bits per heavy atom. The molecule has 2 rings (SSSR count). The van der Waals surface area contributed by atoms with Crippen LogP contribution in [0.4, 0.5) is 0 Å². The Balaban J connectivity index is 2.17. The van der Waals surface area contributed by atoms with E-state index in [-0.39, 0.29) is 6.04 Å². The molecular weight excluding hydrogens is 290 g/mol. The molecule has 1 heterocycles. The minimum absolute atomic E-state index is 0.252. The van der Waals surface area contributed by atoms with Gasteiger partial charge in [-0.05, 0) is 55.9 Å². The molecule has 0 aliphatic rings. The summed E-state index contributed by atoms with van der Waals surface area (Å²) in [4.78, 5) is 9.68. The SMILES string of the molecule is CCNC(C)c1ccc(Sc2nccc(C)n2)cc1Cl. The topological polar surface area (TPSA) is 37.8 Å². The van der Waals surface area contributed by atoms with Crippen molar-refractivity contribution in [3.63, 3.8) is 0 Å². The van der Waals surface area contributed by atoms with Crippen molar-refractivity contribution >= 4 is 23.4 Å². The van der Waals surface area contributed by atoms with Gasteiger partial charge in [-0.15, -0.1) is 0 Å². The first-order chi connectivity index (χ1) is 9.60. The molecule has 1 aromatic heterocycles. The van der Waals surface area contributed by atoms with E-state index in [1.807, 2.05) is 19.1 Å². The number of aryl methyl sites for hydroxylation is 1. The first-order valence-electron chi connectivity index (χ1n) is 6.60. The van der Waals surface area contributed by atoms with E-state index in [9.17, 15) is 0 Å². The van der Waals surface area contributed by atoms with Gasteiger partial charge in [-0.1, -0.05) is 24.6 Å². The van der Waals surface area contributed by atoms with Crippen LogP contribution in [0.25, 0.3) is 0 Å². The molecule has 1 atom stereocenters. The number of hydrogen-bond acceptors (Lipinski definition) is 4. The molecule has 0 spiro atoms. The molecule has 0 saturated carbocycles. The lowest BCUT2D eigenvalue weighted by molar-refractivity contribution is 0.598. The Kier molecular flexibility index (Phi) is 5.40. The molecule has 0 aliphatic heterocycles. The Morgan fingerprint density at radius 1 is 1.35 bits per heavy atom. The quantitative estimate of drug-likeness (QED) is 0.838. The summed E-state index contributed by atoms with van der Waals surface area (Å²) >= 11 is 7.89. The average Bonchev–Trinajstić information content (AvgIpc) is 2.39. The van der Waals surface area contributed by atoms with E-state index >= 15 is 0 Å². The van der Waals surface area contributed by atoms with E-state index in [2.05, 4.69) is 41.3 Å². The van der Waals surface area contributed by atoms with Crippen molar-refractivity contribution < 1.29 is 0 Å². The fourth-order valence-corrected chi connectivity index (χ4v) is 3.15. The molecule has 3 nitrogen and oxygen atoms in total. The van der Waals surface area contributed by atoms with Crippen LogP contribution in [0.2, 0.25) is 5.02 Å². The van der Waals surface area contributed by atoms with Crippen LogP contribution in [-0.2, 0) is 0 Å². The van der Waals surface area contributed by atoms with Crippen molar-refractivity contribution in [3.05, 3.63) is 46.7 Å². The highest BCUT2D eigenvalue weighted by molar-refractivity contribution is 7.99. The first-order valence-corrected chi connectivity index (χ1v) is 7.80. The lowest BCUT2D eigenvalue weighted by atomic mass is 10.1. The van der Waals surface area contributed by atoms with Gasteiger partial charge in [0.1, 0.15) is 0 Å². The monoisotopic (exact) mass is 307 g/mol. The number of nitrogens with zero attached hydrogens (tertiary/aromatic N) is 2. The first kappa shape index (κ1) is 15.3. The van der Waals surface area contributed by atoms with Crippen LogP contribution in [0, 0.1) is 6.92 Å². The predicted octanol–water partition coefficient (Wildman–Crippen LogP) is 4.26. The van der Waals surface area contributed by atoms with Gasteiger partial charge >= 0.3 is 0 Å². The molecule has 106 valence electrons. The molecule has 0 bridgehead atoms. The zero-order valence-electron chi connectivity index (χ0n) is 11.9. The molecule has 1 N–H and O–H groups in total. The summed E-state index contributed by atoms with van der Waals surface area (Å²) in [5, 5.41) is 4.88. The molecule has 1 aromatic carbocycles. The van der Waals surface area contributed by atoms with E-state index in [0.717, 1.165) is 32.9 Å². The maximum Gasteiger partial charge on any atom is 0.192 e. The molecule has 0 aliphatic carbocycles. The molecule has 0 radical (unpaired) electrons. The second kappa shape index (κ2) is 7.07. The zero-order valence-corrected chi connectivity index (χ0v) is 13.4. The predicted molar refractivity (Wildman–Crippen MR) is 84.4 cm³/mol. The van der Waals surface area contributed by atoms with Crippen LogP contribution in [0.15, 0.2) is 40.5 Å². The number of hydrogen-bond donors (Lipinski definition) is 1. The van der Waals surface area contributed by atoms with Gasteiger partial charge < -0.3 is 5.32 Å². The van der Waals surface area contributed by atoms with Gasteiger partial charge in [0, 0.05) is 27.9 Å². The largest absolute Gasteiger partial charge is 0.310 e. The van der Waals surface area contributed by atoms with Gasteiger partial charge in [-0.3, -0.25) is 0 Å². The highest BCUT2D eigenvalue weighted by Crippen LogP contribution is 2.31. The second-order valence-electron chi connectivity index (χ2n) is 4.55. The fourth-order valence-electron chi connectivity index (χ4n) is 1.92. The minimum atomic E-state index is 0.252. The van der Waals surface area contributed by atoms with E-state index in [1.54, 1.807) is 6.20 Å². The van der Waals surface area contributed by atoms with Crippen molar-refractivity contribution in [1.82, 2.24) is 15.3 Å². The van der Waals surface area contributed by atoms with Crippen LogP contribution in [0.5, 0.6) is 0 Å². The van der Waals surface area contributed by atoms with Crippen LogP contribution < -0.4 is 5.32 Å². The van der Waals surface area contributed by atoms with E-state index in [0.29, 0.717) is 0 Å². The summed E-state index contributed by atoms with van der Waals surface area (Å²) < 4.78 is 0. The zero-order chi connectivity index (χ0) is 14.5. The summed E-state index contributed by atoms with van der Waals surface area (Å²) in [5.41, 5.74) is 2.08. The maximum atomic E-state index is 6.36. The Labute approximate surface area is 129 Å². The van der Waals surface area contributed by atoms with Gasteiger partial charge in [-0.2, -0.15) is 0 Å². The van der Waals surface area contributed by atoms with Gasteiger partial charge in [0.05, 0.1) is 0 Å². The Bertz CT molecular complexity index is 589. The highest BCUT2D eigenvalue weighted by Gasteiger charge is 2.10. The van der Waals surface area contributed by atoms with Gasteiger partial charge in [0.2, 0.25) is 0 Å². The van der Waals surface area contributed by atoms with Crippen LogP contribution in [-0.4, -0.2) is 16.5 Å². The van der Waals surface area contributed by atoms with Crippen LogP contribution >= 0.6 is 23.4 Å². The summed E-state index contributed by atoms with van der Waals surface area (Å²) in [7, 11) is 0. The molecule has 0 amide bonds. The molecule has 0 fully saturated rings. The van der Waals surface area contributed by atoms with Crippen molar-refractivity contribution in [1.29, 1.82) is 0 Å². The van der Waals surface area contributed by atoms with Crippen molar-refractivity contribution in [2.24, 2.45) is 0 Å². The molecule has 0 saturated heterocycles. The standard InChI is InChI=1S/C15H18ClN3S/c1-4-17-11(3)13-6-5-12(9-14(13)16)20-15-18-8-7-10(2)19-15/h5-9,11,17H,4H2,1-3H3. The van der Waals surface area contributed by atoms with E-state index < -0.39 is 0 Å². The maximum absolute atomic E-state index is 6.36. The number of nitrogens with one attached hydrogen (secondary N) is 1. The van der Waals surface area contributed by atoms with Crippen LogP contribution in [0.1, 0.15) is 31.1 Å². The number of aromatic nitrogens is 2. The van der Waals surface area contributed by atoms with E-state index in [1.165, 1.54) is 11.8 Å². The van der Waals surface area contributed by atoms with Crippen molar-refractivity contribution in [2.45, 2.75) is 36.9 Å². The molecule has 5 heteroatoms. The smallest absolute Gasteiger partial charge is 0.192 e. The molecular formula is C15H18ClN3S. The summed E-state index contributed by atoms with van der Waals surface area (Å²) in [6.45, 7) is 7.08. The van der Waals surface area contributed by atoms with Gasteiger partial charge in [0.25, 0.3) is 0 Å². The number of halogens is 1. The average molecular weight is 308 g/mol. The summed E-state index contributed by atoms with van der Waals surface area (Å²) in [6, 6.07) is 8.24. The van der Waals surface area contributed by atoms with Crippen molar-refractivity contribution in [3.8, 4) is 0 Å². The third-order valence-electron chi connectivity index (χ3n) is 2.93. The lowest BCUT2D eigenvalue weighted by Gasteiger charge is -2.15. The minimum Gasteiger partial charge on any atom is -0.310 e. The Morgan fingerprint density at radius 3 is 2.80 bits per heavy atom. The van der Waals surface area contributed by atoms with E-state index in [4.69, 9.17) is 11.6 Å². The Hall–Kier alpha value is -1.10. The van der Waals surface area contributed by atoms with Crippen LogP contribution in [0.3, 0.4) is 0 Å². The molecule has 1 unspecified atom stereocenters. The van der Waals surface area contributed by atoms with Gasteiger partial charge in [0.15, 0.2) is 5.16 Å². The fraction of sp³-hybridized carbons (Fsp3) is 0.333. The summed E-state index contributed by atoms with van der Waals surface area (Å²) in [6.07, 6.45) is 1.77. The second-order valence-corrected chi connectivity index (χ2v) is 5.99. The third kappa shape index (κ3) is 3.95. The number of benzene rings is 1.